The number of amides is 2. The Balaban J connectivity index is 2.68. The molecule has 5 nitrogen and oxygen atoms in total. The smallest absolute Gasteiger partial charge is 0.317 e. The fourth-order valence-electron chi connectivity index (χ4n) is 1.55. The number of pyridine rings is 1. The largest absolute Gasteiger partial charge is 0.393 e. The molecule has 104 valence electrons. The summed E-state index contributed by atoms with van der Waals surface area (Å²) in [7, 11) is 0. The van der Waals surface area contributed by atoms with Crippen molar-refractivity contribution in [2.24, 2.45) is 5.73 Å². The van der Waals surface area contributed by atoms with Gasteiger partial charge in [-0.25, -0.2) is 4.79 Å². The number of rotatable bonds is 6. The molecule has 0 saturated carbocycles. The molecular weight excluding hydrogens is 260 g/mol. The summed E-state index contributed by atoms with van der Waals surface area (Å²) in [4.78, 5) is 18.2. The number of nitrogens with one attached hydrogen (secondary N) is 1. The maximum absolute atomic E-state index is 12.1. The van der Waals surface area contributed by atoms with Crippen LogP contribution in [0.15, 0.2) is 24.5 Å². The minimum atomic E-state index is -0.116. The topological polar surface area (TPSA) is 71.2 Å². The van der Waals surface area contributed by atoms with Gasteiger partial charge in [-0.1, -0.05) is 18.3 Å². The van der Waals surface area contributed by atoms with Crippen molar-refractivity contribution >= 4 is 23.2 Å². The predicted molar refractivity (Wildman–Crippen MR) is 79.7 cm³/mol. The highest BCUT2D eigenvalue weighted by atomic mass is 32.1. The standard InChI is InChI=1S/C13H20N4OS/c1-10(2)16-13(18)17(7-5-12(14)19)9-11-4-3-6-15-8-11/h3-4,6,8,10H,5,7,9H2,1-2H3,(H2,14,19)(H,16,18). The SMILES string of the molecule is CC(C)NC(=O)N(CCC(N)=S)Cc1cccnc1. The average molecular weight is 280 g/mol. The lowest BCUT2D eigenvalue weighted by atomic mass is 10.2. The lowest BCUT2D eigenvalue weighted by Crippen LogP contribution is -2.43. The zero-order valence-corrected chi connectivity index (χ0v) is 12.1. The van der Waals surface area contributed by atoms with Crippen LogP contribution in [-0.2, 0) is 6.54 Å². The van der Waals surface area contributed by atoms with E-state index < -0.39 is 0 Å². The highest BCUT2D eigenvalue weighted by molar-refractivity contribution is 7.80. The number of nitrogens with two attached hydrogens (primary N) is 1. The molecule has 6 heteroatoms. The van der Waals surface area contributed by atoms with Gasteiger partial charge in [0.05, 0.1) is 4.99 Å². The van der Waals surface area contributed by atoms with E-state index >= 15 is 0 Å². The molecule has 0 aromatic carbocycles. The summed E-state index contributed by atoms with van der Waals surface area (Å²) in [5.41, 5.74) is 6.47. The van der Waals surface area contributed by atoms with Crippen LogP contribution in [0.25, 0.3) is 0 Å². The Bertz CT molecular complexity index is 422. The first-order chi connectivity index (χ1) is 8.99. The van der Waals surface area contributed by atoms with E-state index in [4.69, 9.17) is 18.0 Å². The second kappa shape index (κ2) is 7.68. The zero-order valence-electron chi connectivity index (χ0n) is 11.3. The third-order valence-corrected chi connectivity index (χ3v) is 2.63. The molecule has 19 heavy (non-hydrogen) atoms. The Morgan fingerprint density at radius 3 is 2.84 bits per heavy atom. The van der Waals surface area contributed by atoms with Crippen molar-refractivity contribution in [2.75, 3.05) is 6.54 Å². The van der Waals surface area contributed by atoms with Crippen LogP contribution in [0.1, 0.15) is 25.8 Å². The van der Waals surface area contributed by atoms with E-state index in [1.807, 2.05) is 26.0 Å². The highest BCUT2D eigenvalue weighted by Gasteiger charge is 2.14. The Morgan fingerprint density at radius 1 is 1.58 bits per heavy atom. The average Bonchev–Trinajstić information content (AvgIpc) is 2.34. The van der Waals surface area contributed by atoms with Gasteiger partial charge >= 0.3 is 6.03 Å². The molecule has 0 aliphatic carbocycles. The minimum Gasteiger partial charge on any atom is -0.393 e. The van der Waals surface area contributed by atoms with Crippen LogP contribution in [0.5, 0.6) is 0 Å². The van der Waals surface area contributed by atoms with E-state index in [-0.39, 0.29) is 12.1 Å². The number of hydrogen-bond donors (Lipinski definition) is 2. The van der Waals surface area contributed by atoms with Gasteiger partial charge < -0.3 is 16.0 Å². The Kier molecular flexibility index (Phi) is 6.21. The molecule has 0 aliphatic heterocycles. The van der Waals surface area contributed by atoms with Crippen molar-refractivity contribution in [3.05, 3.63) is 30.1 Å². The van der Waals surface area contributed by atoms with Crippen LogP contribution in [0.4, 0.5) is 4.79 Å². The summed E-state index contributed by atoms with van der Waals surface area (Å²) in [6.07, 6.45) is 3.97. The number of hydrogen-bond acceptors (Lipinski definition) is 3. The lowest BCUT2D eigenvalue weighted by Gasteiger charge is -2.24. The molecule has 2 amide bonds. The van der Waals surface area contributed by atoms with Gasteiger partial charge in [-0.15, -0.1) is 0 Å². The Morgan fingerprint density at radius 2 is 2.32 bits per heavy atom. The van der Waals surface area contributed by atoms with Crippen molar-refractivity contribution in [3.63, 3.8) is 0 Å². The van der Waals surface area contributed by atoms with Crippen LogP contribution in [-0.4, -0.2) is 33.5 Å². The fraction of sp³-hybridized carbons (Fsp3) is 0.462. The van der Waals surface area contributed by atoms with Crippen molar-refractivity contribution in [1.82, 2.24) is 15.2 Å². The Labute approximate surface area is 119 Å². The van der Waals surface area contributed by atoms with E-state index in [9.17, 15) is 4.79 Å². The number of nitrogens with zero attached hydrogens (tertiary/aromatic N) is 2. The molecule has 0 unspecified atom stereocenters. The van der Waals surface area contributed by atoms with Gasteiger partial charge in [0.2, 0.25) is 0 Å². The molecule has 0 fully saturated rings. The van der Waals surface area contributed by atoms with E-state index in [1.165, 1.54) is 0 Å². The molecule has 1 aromatic rings. The van der Waals surface area contributed by atoms with Crippen molar-refractivity contribution < 1.29 is 4.79 Å². The second-order valence-corrected chi connectivity index (χ2v) is 5.13. The quantitative estimate of drug-likeness (QED) is 0.778. The maximum atomic E-state index is 12.1. The molecule has 0 aliphatic rings. The first kappa shape index (κ1) is 15.4. The molecule has 0 atom stereocenters. The van der Waals surface area contributed by atoms with Crippen LogP contribution < -0.4 is 11.1 Å². The zero-order chi connectivity index (χ0) is 14.3. The van der Waals surface area contributed by atoms with Crippen molar-refractivity contribution in [3.8, 4) is 0 Å². The van der Waals surface area contributed by atoms with E-state index in [2.05, 4.69) is 10.3 Å². The number of urea groups is 1. The molecule has 0 radical (unpaired) electrons. The summed E-state index contributed by atoms with van der Waals surface area (Å²) in [6, 6.07) is 3.76. The number of aromatic nitrogens is 1. The van der Waals surface area contributed by atoms with Gasteiger partial charge in [-0.2, -0.15) is 0 Å². The molecule has 3 N–H and O–H groups in total. The predicted octanol–water partition coefficient (Wildman–Crippen LogP) is 1.68. The van der Waals surface area contributed by atoms with Crippen molar-refractivity contribution in [1.29, 1.82) is 0 Å². The molecule has 0 saturated heterocycles. The first-order valence-corrected chi connectivity index (χ1v) is 6.62. The highest BCUT2D eigenvalue weighted by Crippen LogP contribution is 2.04. The molecule has 1 rings (SSSR count). The first-order valence-electron chi connectivity index (χ1n) is 6.21. The molecule has 0 spiro atoms. The normalized spacial score (nSPS) is 10.3. The summed E-state index contributed by atoms with van der Waals surface area (Å²) in [5.74, 6) is 0. The molecule has 0 bridgehead atoms. The van der Waals surface area contributed by atoms with Crippen LogP contribution in [0.3, 0.4) is 0 Å². The summed E-state index contributed by atoms with van der Waals surface area (Å²) < 4.78 is 0. The lowest BCUT2D eigenvalue weighted by molar-refractivity contribution is 0.194. The third-order valence-electron chi connectivity index (χ3n) is 2.42. The Hall–Kier alpha value is -1.69. The molecule has 1 heterocycles. The summed E-state index contributed by atoms with van der Waals surface area (Å²) >= 11 is 4.86. The van der Waals surface area contributed by atoms with Gasteiger partial charge in [0, 0.05) is 37.9 Å². The van der Waals surface area contributed by atoms with Crippen LogP contribution in [0, 0.1) is 0 Å². The van der Waals surface area contributed by atoms with Crippen molar-refractivity contribution in [2.45, 2.75) is 32.9 Å². The van der Waals surface area contributed by atoms with Gasteiger partial charge in [-0.3, -0.25) is 4.98 Å². The third kappa shape index (κ3) is 6.15. The van der Waals surface area contributed by atoms with Gasteiger partial charge in [-0.05, 0) is 25.5 Å². The molecular formula is C13H20N4OS. The van der Waals surface area contributed by atoms with Gasteiger partial charge in [0.1, 0.15) is 0 Å². The van der Waals surface area contributed by atoms with E-state index in [1.54, 1.807) is 17.3 Å². The van der Waals surface area contributed by atoms with Crippen LogP contribution in [0.2, 0.25) is 0 Å². The maximum Gasteiger partial charge on any atom is 0.317 e. The van der Waals surface area contributed by atoms with E-state index in [0.29, 0.717) is 24.5 Å². The fourth-order valence-corrected chi connectivity index (χ4v) is 1.64. The van der Waals surface area contributed by atoms with Gasteiger partial charge in [0.15, 0.2) is 0 Å². The van der Waals surface area contributed by atoms with Crippen LogP contribution >= 0.6 is 12.2 Å². The number of carbonyl (C=O) groups excluding carboxylic acids is 1. The monoisotopic (exact) mass is 280 g/mol. The summed E-state index contributed by atoms with van der Waals surface area (Å²) in [6.45, 7) is 4.85. The second-order valence-electron chi connectivity index (χ2n) is 4.60. The molecule has 1 aromatic heterocycles. The summed E-state index contributed by atoms with van der Waals surface area (Å²) in [5, 5.41) is 2.87. The minimum absolute atomic E-state index is 0.0914. The van der Waals surface area contributed by atoms with E-state index in [0.717, 1.165) is 5.56 Å². The number of thiocarbonyl (C=S) groups is 1. The van der Waals surface area contributed by atoms with Gasteiger partial charge in [0.25, 0.3) is 0 Å². The number of carbonyl (C=O) groups is 1.